The molecular formula is C33H38N4. The van der Waals surface area contributed by atoms with Gasteiger partial charge in [-0.25, -0.2) is 0 Å². The Kier molecular flexibility index (Phi) is 6.58. The molecule has 0 saturated carbocycles. The summed E-state index contributed by atoms with van der Waals surface area (Å²) in [5, 5.41) is 5.03. The first-order valence-corrected chi connectivity index (χ1v) is 14.1. The second kappa shape index (κ2) is 10.2. The number of rotatable bonds is 5. The Morgan fingerprint density at radius 2 is 1.89 bits per heavy atom. The van der Waals surface area contributed by atoms with E-state index in [1.807, 2.05) is 12.4 Å². The van der Waals surface area contributed by atoms with Gasteiger partial charge in [-0.1, -0.05) is 42.5 Å². The third-order valence-electron chi connectivity index (χ3n) is 8.63. The van der Waals surface area contributed by atoms with Crippen molar-refractivity contribution in [3.8, 4) is 11.3 Å². The molecule has 1 fully saturated rings. The molecule has 0 amide bonds. The number of nitrogens with zero attached hydrogens (tertiary/aromatic N) is 3. The molecule has 2 aliphatic carbocycles. The molecule has 4 heteroatoms. The molecule has 37 heavy (non-hydrogen) atoms. The predicted octanol–water partition coefficient (Wildman–Crippen LogP) is 7.66. The summed E-state index contributed by atoms with van der Waals surface area (Å²) < 4.78 is 0. The molecule has 190 valence electrons. The van der Waals surface area contributed by atoms with Crippen LogP contribution in [0.4, 0.5) is 5.69 Å². The lowest BCUT2D eigenvalue weighted by molar-refractivity contribution is 0.543. The van der Waals surface area contributed by atoms with Crippen LogP contribution >= 0.6 is 0 Å². The van der Waals surface area contributed by atoms with Gasteiger partial charge in [0.2, 0.25) is 0 Å². The quantitative estimate of drug-likeness (QED) is 0.398. The summed E-state index contributed by atoms with van der Waals surface area (Å²) in [5.41, 5.74) is 12.2. The van der Waals surface area contributed by atoms with Crippen LogP contribution in [0.15, 0.2) is 66.5 Å². The van der Waals surface area contributed by atoms with Gasteiger partial charge in [-0.15, -0.1) is 0 Å². The number of anilines is 1. The third-order valence-corrected chi connectivity index (χ3v) is 8.63. The van der Waals surface area contributed by atoms with E-state index in [9.17, 15) is 0 Å². The summed E-state index contributed by atoms with van der Waals surface area (Å²) in [6.07, 6.45) is 18.5. The number of nitrogens with one attached hydrogen (secondary N) is 1. The molecule has 6 rings (SSSR count). The first-order chi connectivity index (χ1) is 18.1. The first-order valence-electron chi connectivity index (χ1n) is 14.1. The SMILES string of the molecule is C=C(NC1CCCC2=C1C=CCC2)c1cnc2c(-c3cccc(C)c3C)nccc2c1N1CCCCC1. The zero-order valence-corrected chi connectivity index (χ0v) is 22.3. The molecule has 1 N–H and O–H groups in total. The van der Waals surface area contributed by atoms with Crippen molar-refractivity contribution in [2.24, 2.45) is 0 Å². The zero-order valence-electron chi connectivity index (χ0n) is 22.3. The van der Waals surface area contributed by atoms with Gasteiger partial charge >= 0.3 is 0 Å². The topological polar surface area (TPSA) is 41.1 Å². The van der Waals surface area contributed by atoms with Crippen molar-refractivity contribution in [1.82, 2.24) is 15.3 Å². The minimum Gasteiger partial charge on any atom is -0.378 e. The Hall–Kier alpha value is -3.40. The van der Waals surface area contributed by atoms with Crippen LogP contribution in [-0.4, -0.2) is 29.1 Å². The lowest BCUT2D eigenvalue weighted by atomic mass is 9.82. The van der Waals surface area contributed by atoms with Gasteiger partial charge in [0, 0.05) is 47.7 Å². The number of hydrogen-bond acceptors (Lipinski definition) is 4. The number of allylic oxidation sites excluding steroid dienone is 2. The van der Waals surface area contributed by atoms with Crippen LogP contribution in [-0.2, 0) is 0 Å². The molecule has 0 bridgehead atoms. The van der Waals surface area contributed by atoms with Crippen molar-refractivity contribution in [1.29, 1.82) is 0 Å². The van der Waals surface area contributed by atoms with Crippen LogP contribution in [0.1, 0.15) is 68.1 Å². The van der Waals surface area contributed by atoms with Crippen LogP contribution in [0.2, 0.25) is 0 Å². The molecule has 1 saturated heterocycles. The number of piperidine rings is 1. The predicted molar refractivity (Wildman–Crippen MR) is 156 cm³/mol. The van der Waals surface area contributed by atoms with Crippen molar-refractivity contribution >= 4 is 22.3 Å². The van der Waals surface area contributed by atoms with Gasteiger partial charge in [0.1, 0.15) is 0 Å². The van der Waals surface area contributed by atoms with Crippen molar-refractivity contribution in [3.05, 3.63) is 83.2 Å². The normalized spacial score (nSPS) is 19.7. The molecule has 3 heterocycles. The molecule has 3 aromatic rings. The largest absolute Gasteiger partial charge is 0.378 e. The summed E-state index contributed by atoms with van der Waals surface area (Å²) in [5.74, 6) is 0. The average molecular weight is 491 g/mol. The molecule has 3 aliphatic rings. The van der Waals surface area contributed by atoms with E-state index in [0.29, 0.717) is 6.04 Å². The van der Waals surface area contributed by atoms with E-state index in [0.717, 1.165) is 47.5 Å². The summed E-state index contributed by atoms with van der Waals surface area (Å²) in [7, 11) is 0. The fourth-order valence-electron chi connectivity index (χ4n) is 6.47. The summed E-state index contributed by atoms with van der Waals surface area (Å²) in [6.45, 7) is 11.1. The van der Waals surface area contributed by atoms with E-state index in [1.54, 1.807) is 5.57 Å². The highest BCUT2D eigenvalue weighted by Gasteiger charge is 2.26. The van der Waals surface area contributed by atoms with Crippen LogP contribution in [0.25, 0.3) is 27.9 Å². The minimum absolute atomic E-state index is 0.334. The Morgan fingerprint density at radius 1 is 1.03 bits per heavy atom. The lowest BCUT2D eigenvalue weighted by Gasteiger charge is -2.34. The van der Waals surface area contributed by atoms with Crippen molar-refractivity contribution < 1.29 is 0 Å². The molecule has 0 radical (unpaired) electrons. The maximum atomic E-state index is 5.06. The number of benzene rings is 1. The zero-order chi connectivity index (χ0) is 25.4. The number of aromatic nitrogens is 2. The van der Waals surface area contributed by atoms with Gasteiger partial charge in [-0.2, -0.15) is 0 Å². The van der Waals surface area contributed by atoms with Gasteiger partial charge < -0.3 is 10.2 Å². The van der Waals surface area contributed by atoms with E-state index in [4.69, 9.17) is 9.97 Å². The van der Waals surface area contributed by atoms with Crippen LogP contribution in [0.5, 0.6) is 0 Å². The van der Waals surface area contributed by atoms with Crippen molar-refractivity contribution in [2.75, 3.05) is 18.0 Å². The number of fused-ring (bicyclic) bond motifs is 1. The highest BCUT2D eigenvalue weighted by atomic mass is 15.1. The highest BCUT2D eigenvalue weighted by Crippen LogP contribution is 2.39. The molecule has 2 aromatic heterocycles. The Labute approximate surface area is 221 Å². The molecule has 1 atom stereocenters. The van der Waals surface area contributed by atoms with Crippen LogP contribution in [0.3, 0.4) is 0 Å². The second-order valence-corrected chi connectivity index (χ2v) is 10.9. The highest BCUT2D eigenvalue weighted by molar-refractivity contribution is 6.03. The van der Waals surface area contributed by atoms with E-state index < -0.39 is 0 Å². The number of hydrogen-bond donors (Lipinski definition) is 1. The van der Waals surface area contributed by atoms with Crippen LogP contribution in [0, 0.1) is 13.8 Å². The third kappa shape index (κ3) is 4.47. The maximum absolute atomic E-state index is 5.06. The second-order valence-electron chi connectivity index (χ2n) is 10.9. The molecule has 0 spiro atoms. The van der Waals surface area contributed by atoms with Gasteiger partial charge in [0.15, 0.2) is 0 Å². The van der Waals surface area contributed by atoms with Gasteiger partial charge in [-0.05, 0) is 88.0 Å². The lowest BCUT2D eigenvalue weighted by Crippen LogP contribution is -2.34. The van der Waals surface area contributed by atoms with E-state index >= 15 is 0 Å². The average Bonchev–Trinajstić information content (AvgIpc) is 2.94. The maximum Gasteiger partial charge on any atom is 0.0986 e. The van der Waals surface area contributed by atoms with Gasteiger partial charge in [0.05, 0.1) is 22.9 Å². The minimum atomic E-state index is 0.334. The fraction of sp³-hybridized carbons (Fsp3) is 0.394. The standard InChI is InChI=1S/C33H38N4/c1-22-11-9-15-26(23(22)2)31-32-28(17-18-34-31)33(37-19-7-4-8-20-37)29(21-35-32)24(3)36-30-16-10-13-25-12-5-6-14-27(25)30/h6,9,11,14-15,17-18,21,30,36H,3-5,7-8,10,12-13,16,19-20H2,1-2H3. The molecule has 4 nitrogen and oxygen atoms in total. The summed E-state index contributed by atoms with van der Waals surface area (Å²) in [6, 6.07) is 8.95. The van der Waals surface area contributed by atoms with Gasteiger partial charge in [0.25, 0.3) is 0 Å². The van der Waals surface area contributed by atoms with E-state index in [2.05, 4.69) is 67.1 Å². The van der Waals surface area contributed by atoms with Gasteiger partial charge in [-0.3, -0.25) is 9.97 Å². The van der Waals surface area contributed by atoms with E-state index in [1.165, 1.54) is 72.7 Å². The number of aryl methyl sites for hydroxylation is 1. The molecule has 1 aromatic carbocycles. The smallest absolute Gasteiger partial charge is 0.0986 e. The molecular weight excluding hydrogens is 452 g/mol. The fourth-order valence-corrected chi connectivity index (χ4v) is 6.47. The number of pyridine rings is 2. The van der Waals surface area contributed by atoms with Crippen molar-refractivity contribution in [3.63, 3.8) is 0 Å². The Bertz CT molecular complexity index is 1410. The summed E-state index contributed by atoms with van der Waals surface area (Å²) in [4.78, 5) is 12.5. The van der Waals surface area contributed by atoms with E-state index in [-0.39, 0.29) is 0 Å². The Balaban J connectivity index is 1.45. The van der Waals surface area contributed by atoms with Crippen LogP contribution < -0.4 is 10.2 Å². The monoisotopic (exact) mass is 490 g/mol. The molecule has 1 unspecified atom stereocenters. The van der Waals surface area contributed by atoms with Crippen molar-refractivity contribution in [2.45, 2.75) is 71.3 Å². The first kappa shape index (κ1) is 24.0. The summed E-state index contributed by atoms with van der Waals surface area (Å²) >= 11 is 0. The molecule has 1 aliphatic heterocycles. The Morgan fingerprint density at radius 3 is 2.76 bits per heavy atom.